The number of hydrogen-bond acceptors (Lipinski definition) is 1. The second-order valence-electron chi connectivity index (χ2n) is 17.9. The molecular formula is C67H45N. The summed E-state index contributed by atoms with van der Waals surface area (Å²) >= 11 is 0. The molecule has 0 N–H and O–H groups in total. The van der Waals surface area contributed by atoms with Gasteiger partial charge in [-0.2, -0.15) is 0 Å². The van der Waals surface area contributed by atoms with Crippen molar-refractivity contribution in [1.29, 1.82) is 0 Å². The maximum absolute atomic E-state index is 2.41. The van der Waals surface area contributed by atoms with Gasteiger partial charge in [-0.05, 0) is 135 Å². The van der Waals surface area contributed by atoms with Crippen LogP contribution in [0.25, 0.3) is 76.8 Å². The predicted molar refractivity (Wildman–Crippen MR) is 287 cm³/mol. The zero-order chi connectivity index (χ0) is 45.0. The molecule has 1 heteroatoms. The van der Waals surface area contributed by atoms with E-state index in [9.17, 15) is 0 Å². The molecule has 1 aliphatic carbocycles. The van der Waals surface area contributed by atoms with Crippen LogP contribution < -0.4 is 4.90 Å². The lowest BCUT2D eigenvalue weighted by Gasteiger charge is -2.35. The minimum absolute atomic E-state index is 0.536. The quantitative estimate of drug-likeness (QED) is 0.147. The Morgan fingerprint density at radius 1 is 0.250 bits per heavy atom. The molecule has 68 heavy (non-hydrogen) atoms. The lowest BCUT2D eigenvalue weighted by atomic mass is 9.66. The van der Waals surface area contributed by atoms with E-state index in [1.807, 2.05) is 0 Å². The van der Waals surface area contributed by atoms with Crippen molar-refractivity contribution in [2.24, 2.45) is 0 Å². The Morgan fingerprint density at radius 2 is 0.691 bits per heavy atom. The van der Waals surface area contributed by atoms with Crippen LogP contribution >= 0.6 is 0 Å². The number of benzene rings is 12. The van der Waals surface area contributed by atoms with Crippen molar-refractivity contribution in [3.8, 4) is 44.5 Å². The Kier molecular flexibility index (Phi) is 9.47. The van der Waals surface area contributed by atoms with Gasteiger partial charge >= 0.3 is 0 Å². The van der Waals surface area contributed by atoms with Crippen LogP contribution in [-0.4, -0.2) is 0 Å². The molecule has 13 rings (SSSR count). The van der Waals surface area contributed by atoms with Crippen LogP contribution in [-0.2, 0) is 5.41 Å². The van der Waals surface area contributed by atoms with Crippen LogP contribution in [0.2, 0.25) is 0 Å². The third kappa shape index (κ3) is 6.32. The lowest BCUT2D eigenvalue weighted by Crippen LogP contribution is -2.28. The molecule has 12 aromatic rings. The lowest BCUT2D eigenvalue weighted by molar-refractivity contribution is 0.776. The standard InChI is InChI=1S/C67H45N/c1-2-24-52(25-3-1)67(63-35-15-22-48-19-6-9-29-60(48)63)64-34-11-10-30-62(64)66-61(33-16-36-65(66)67)51-23-12-26-55(45-51)68(53-41-37-49(38-42-53)58-31-13-20-46-17-4-7-27-56(46)58)54-43-39-50(40-44-54)59-32-14-21-47-18-5-8-28-57(47)59/h1-45H. The van der Waals surface area contributed by atoms with Crippen LogP contribution in [0.3, 0.4) is 0 Å². The van der Waals surface area contributed by atoms with Gasteiger partial charge in [-0.1, -0.05) is 237 Å². The molecule has 0 fully saturated rings. The fourth-order valence-corrected chi connectivity index (χ4v) is 11.4. The Balaban J connectivity index is 0.986. The van der Waals surface area contributed by atoms with Crippen molar-refractivity contribution >= 4 is 49.4 Å². The fourth-order valence-electron chi connectivity index (χ4n) is 11.4. The molecule has 1 aliphatic rings. The molecule has 0 spiro atoms. The van der Waals surface area contributed by atoms with Crippen molar-refractivity contribution < 1.29 is 0 Å². The van der Waals surface area contributed by atoms with E-state index < -0.39 is 5.41 Å². The Hall–Kier alpha value is -8.78. The predicted octanol–water partition coefficient (Wildman–Crippen LogP) is 18.0. The number of anilines is 3. The van der Waals surface area contributed by atoms with Gasteiger partial charge in [0.25, 0.3) is 0 Å². The van der Waals surface area contributed by atoms with Gasteiger partial charge in [0.2, 0.25) is 0 Å². The SMILES string of the molecule is c1ccc(C2(c3cccc4ccccc34)c3ccccc3-c3c(-c4cccc(N(c5ccc(-c6cccc7ccccc67)cc5)c5ccc(-c6cccc7ccccc67)cc5)c4)cccc32)cc1. The van der Waals surface area contributed by atoms with Crippen LogP contribution in [0.15, 0.2) is 273 Å². The molecule has 1 unspecified atom stereocenters. The molecule has 1 nitrogen and oxygen atoms in total. The minimum Gasteiger partial charge on any atom is -0.310 e. The van der Waals surface area contributed by atoms with Crippen LogP contribution in [0.4, 0.5) is 17.1 Å². The highest BCUT2D eigenvalue weighted by molar-refractivity contribution is 6.01. The molecule has 0 bridgehead atoms. The summed E-state index contributed by atoms with van der Waals surface area (Å²) in [4.78, 5) is 2.41. The van der Waals surface area contributed by atoms with Crippen molar-refractivity contribution in [3.63, 3.8) is 0 Å². The van der Waals surface area contributed by atoms with Crippen molar-refractivity contribution in [2.75, 3.05) is 4.90 Å². The van der Waals surface area contributed by atoms with E-state index in [2.05, 4.69) is 278 Å². The highest BCUT2D eigenvalue weighted by atomic mass is 15.1. The summed E-state index contributed by atoms with van der Waals surface area (Å²) in [5, 5.41) is 7.50. The zero-order valence-corrected chi connectivity index (χ0v) is 37.4. The van der Waals surface area contributed by atoms with E-state index in [-0.39, 0.29) is 0 Å². The van der Waals surface area contributed by atoms with Gasteiger partial charge in [0.15, 0.2) is 0 Å². The van der Waals surface area contributed by atoms with Crippen molar-refractivity contribution in [3.05, 3.63) is 295 Å². The summed E-state index contributed by atoms with van der Waals surface area (Å²) in [5.41, 5.74) is 17.7. The van der Waals surface area contributed by atoms with Gasteiger partial charge in [0.05, 0.1) is 5.41 Å². The Morgan fingerprint density at radius 3 is 1.34 bits per heavy atom. The molecule has 0 radical (unpaired) electrons. The third-order valence-electron chi connectivity index (χ3n) is 14.3. The minimum atomic E-state index is -0.536. The van der Waals surface area contributed by atoms with Crippen molar-refractivity contribution in [1.82, 2.24) is 0 Å². The maximum Gasteiger partial charge on any atom is 0.0719 e. The maximum atomic E-state index is 2.41. The number of nitrogens with zero attached hydrogens (tertiary/aromatic N) is 1. The van der Waals surface area contributed by atoms with Gasteiger partial charge < -0.3 is 4.90 Å². The van der Waals surface area contributed by atoms with Gasteiger partial charge in [-0.15, -0.1) is 0 Å². The first-order valence-corrected chi connectivity index (χ1v) is 23.6. The number of rotatable bonds is 8. The average Bonchev–Trinajstić information content (AvgIpc) is 3.72. The highest BCUT2D eigenvalue weighted by Gasteiger charge is 2.47. The average molecular weight is 864 g/mol. The van der Waals surface area contributed by atoms with Gasteiger partial charge in [-0.25, -0.2) is 0 Å². The van der Waals surface area contributed by atoms with Crippen LogP contribution in [0.1, 0.15) is 22.3 Å². The molecule has 0 amide bonds. The third-order valence-corrected chi connectivity index (χ3v) is 14.3. The molecular weight excluding hydrogens is 819 g/mol. The van der Waals surface area contributed by atoms with E-state index in [0.29, 0.717) is 0 Å². The van der Waals surface area contributed by atoms with E-state index >= 15 is 0 Å². The first-order chi connectivity index (χ1) is 33.7. The molecule has 12 aromatic carbocycles. The summed E-state index contributed by atoms with van der Waals surface area (Å²) in [7, 11) is 0. The molecule has 1 atom stereocenters. The summed E-state index contributed by atoms with van der Waals surface area (Å²) < 4.78 is 0. The molecule has 318 valence electrons. The van der Waals surface area contributed by atoms with Gasteiger partial charge in [0, 0.05) is 17.1 Å². The molecule has 0 saturated heterocycles. The normalized spacial score (nSPS) is 13.9. The first-order valence-electron chi connectivity index (χ1n) is 23.6. The van der Waals surface area contributed by atoms with Crippen LogP contribution in [0, 0.1) is 0 Å². The smallest absolute Gasteiger partial charge is 0.0719 e. The zero-order valence-electron chi connectivity index (χ0n) is 37.4. The monoisotopic (exact) mass is 863 g/mol. The van der Waals surface area contributed by atoms with E-state index in [4.69, 9.17) is 0 Å². The molecule has 0 saturated carbocycles. The second kappa shape index (κ2) is 16.3. The summed E-state index contributed by atoms with van der Waals surface area (Å²) in [6.45, 7) is 0. The first kappa shape index (κ1) is 39.6. The van der Waals surface area contributed by atoms with Gasteiger partial charge in [-0.3, -0.25) is 0 Å². The molecule has 0 aliphatic heterocycles. The second-order valence-corrected chi connectivity index (χ2v) is 17.9. The Labute approximate surface area is 397 Å². The molecule has 0 aromatic heterocycles. The van der Waals surface area contributed by atoms with E-state index in [1.165, 1.54) is 99.1 Å². The molecule has 0 heterocycles. The van der Waals surface area contributed by atoms with E-state index in [1.54, 1.807) is 0 Å². The van der Waals surface area contributed by atoms with E-state index in [0.717, 1.165) is 17.1 Å². The largest absolute Gasteiger partial charge is 0.310 e. The van der Waals surface area contributed by atoms with Crippen molar-refractivity contribution in [2.45, 2.75) is 5.41 Å². The fraction of sp³-hybridized carbons (Fsp3) is 0.0149. The summed E-state index contributed by atoms with van der Waals surface area (Å²) in [6.07, 6.45) is 0. The van der Waals surface area contributed by atoms with Gasteiger partial charge in [0.1, 0.15) is 0 Å². The summed E-state index contributed by atoms with van der Waals surface area (Å²) in [6, 6.07) is 101. The Bertz CT molecular complexity index is 3710. The highest BCUT2D eigenvalue weighted by Crippen LogP contribution is 2.59. The number of fused-ring (bicyclic) bond motifs is 6. The summed E-state index contributed by atoms with van der Waals surface area (Å²) in [5.74, 6) is 0. The topological polar surface area (TPSA) is 3.24 Å². The number of hydrogen-bond donors (Lipinski definition) is 0. The van der Waals surface area contributed by atoms with Crippen LogP contribution in [0.5, 0.6) is 0 Å².